The molecule has 0 heterocycles. The SMILES string of the molecule is CCC1C(CC)C1CC(C)=O. The van der Waals surface area contributed by atoms with Gasteiger partial charge in [-0.1, -0.05) is 26.7 Å². The minimum atomic E-state index is 0.365. The summed E-state index contributed by atoms with van der Waals surface area (Å²) >= 11 is 0. The van der Waals surface area contributed by atoms with Gasteiger partial charge < -0.3 is 4.79 Å². The number of rotatable bonds is 4. The molecule has 2 atom stereocenters. The minimum absolute atomic E-state index is 0.365. The van der Waals surface area contributed by atoms with Crippen LogP contribution in [-0.2, 0) is 4.79 Å². The van der Waals surface area contributed by atoms with Gasteiger partial charge in [-0.3, -0.25) is 0 Å². The van der Waals surface area contributed by atoms with Crippen molar-refractivity contribution in [3.05, 3.63) is 0 Å². The molecule has 0 aromatic rings. The van der Waals surface area contributed by atoms with Crippen molar-refractivity contribution in [1.82, 2.24) is 0 Å². The molecule has 1 rings (SSSR count). The lowest BCUT2D eigenvalue weighted by atomic mass is 10.1. The average Bonchev–Trinajstić information content (AvgIpc) is 2.60. The third-order valence-corrected chi connectivity index (χ3v) is 2.97. The highest BCUT2D eigenvalue weighted by molar-refractivity contribution is 5.76. The lowest BCUT2D eigenvalue weighted by Gasteiger charge is -1.90. The molecule has 64 valence electrons. The summed E-state index contributed by atoms with van der Waals surface area (Å²) in [7, 11) is 0. The van der Waals surface area contributed by atoms with E-state index in [1.807, 2.05) is 0 Å². The summed E-state index contributed by atoms with van der Waals surface area (Å²) in [5, 5.41) is 0. The molecule has 1 heteroatoms. The molecular formula is C10H18O. The van der Waals surface area contributed by atoms with Crippen molar-refractivity contribution in [2.24, 2.45) is 17.8 Å². The van der Waals surface area contributed by atoms with Crippen LogP contribution in [0.1, 0.15) is 40.0 Å². The van der Waals surface area contributed by atoms with Crippen LogP contribution in [0.4, 0.5) is 0 Å². The van der Waals surface area contributed by atoms with E-state index in [9.17, 15) is 4.79 Å². The van der Waals surface area contributed by atoms with Crippen molar-refractivity contribution in [2.75, 3.05) is 0 Å². The first-order chi connectivity index (χ1) is 5.20. The van der Waals surface area contributed by atoms with E-state index in [0.29, 0.717) is 5.78 Å². The fourth-order valence-electron chi connectivity index (χ4n) is 2.37. The van der Waals surface area contributed by atoms with Crippen LogP contribution in [-0.4, -0.2) is 5.78 Å². The summed E-state index contributed by atoms with van der Waals surface area (Å²) in [6, 6.07) is 0. The van der Waals surface area contributed by atoms with Gasteiger partial charge in [-0.25, -0.2) is 0 Å². The number of ketones is 1. The molecule has 0 aliphatic heterocycles. The van der Waals surface area contributed by atoms with Crippen LogP contribution in [0.5, 0.6) is 0 Å². The van der Waals surface area contributed by atoms with Crippen molar-refractivity contribution in [2.45, 2.75) is 40.0 Å². The summed E-state index contributed by atoms with van der Waals surface area (Å²) in [6.07, 6.45) is 3.35. The van der Waals surface area contributed by atoms with Crippen molar-refractivity contribution in [3.8, 4) is 0 Å². The number of Topliss-reactive ketones (excluding diaryl/α,β-unsaturated/α-hetero) is 1. The quantitative estimate of drug-likeness (QED) is 0.608. The zero-order chi connectivity index (χ0) is 8.43. The van der Waals surface area contributed by atoms with E-state index in [0.717, 1.165) is 24.2 Å². The molecule has 0 bridgehead atoms. The predicted molar refractivity (Wildman–Crippen MR) is 46.4 cm³/mol. The van der Waals surface area contributed by atoms with Gasteiger partial charge >= 0.3 is 0 Å². The Morgan fingerprint density at radius 3 is 1.82 bits per heavy atom. The maximum absolute atomic E-state index is 10.8. The lowest BCUT2D eigenvalue weighted by Crippen LogP contribution is -1.93. The Kier molecular flexibility index (Phi) is 2.69. The summed E-state index contributed by atoms with van der Waals surface area (Å²) in [4.78, 5) is 10.8. The van der Waals surface area contributed by atoms with Crippen molar-refractivity contribution >= 4 is 5.78 Å². The van der Waals surface area contributed by atoms with Gasteiger partial charge in [-0.15, -0.1) is 0 Å². The van der Waals surface area contributed by atoms with Crippen molar-refractivity contribution in [3.63, 3.8) is 0 Å². The Morgan fingerprint density at radius 1 is 1.09 bits per heavy atom. The van der Waals surface area contributed by atoms with Crippen LogP contribution in [0.2, 0.25) is 0 Å². The fourth-order valence-corrected chi connectivity index (χ4v) is 2.37. The first kappa shape index (κ1) is 8.76. The molecular weight excluding hydrogens is 136 g/mol. The molecule has 2 unspecified atom stereocenters. The second-order valence-electron chi connectivity index (χ2n) is 3.71. The summed E-state index contributed by atoms with van der Waals surface area (Å²) in [5.41, 5.74) is 0. The lowest BCUT2D eigenvalue weighted by molar-refractivity contribution is -0.117. The van der Waals surface area contributed by atoms with E-state index < -0.39 is 0 Å². The zero-order valence-electron chi connectivity index (χ0n) is 7.76. The molecule has 11 heavy (non-hydrogen) atoms. The normalized spacial score (nSPS) is 35.4. The highest BCUT2D eigenvalue weighted by Gasteiger charge is 2.46. The van der Waals surface area contributed by atoms with Gasteiger partial charge in [0.1, 0.15) is 5.78 Å². The highest BCUT2D eigenvalue weighted by atomic mass is 16.1. The van der Waals surface area contributed by atoms with Gasteiger partial charge in [0.15, 0.2) is 0 Å². The van der Waals surface area contributed by atoms with Gasteiger partial charge in [0.05, 0.1) is 0 Å². The van der Waals surface area contributed by atoms with Crippen LogP contribution in [0.15, 0.2) is 0 Å². The van der Waals surface area contributed by atoms with Crippen LogP contribution < -0.4 is 0 Å². The Labute approximate surface area is 69.2 Å². The first-order valence-corrected chi connectivity index (χ1v) is 4.70. The molecule has 0 amide bonds. The van der Waals surface area contributed by atoms with E-state index in [-0.39, 0.29) is 0 Å². The van der Waals surface area contributed by atoms with Crippen LogP contribution in [0.25, 0.3) is 0 Å². The van der Waals surface area contributed by atoms with E-state index >= 15 is 0 Å². The maximum Gasteiger partial charge on any atom is 0.130 e. The number of hydrogen-bond donors (Lipinski definition) is 0. The van der Waals surface area contributed by atoms with Gasteiger partial charge in [0.25, 0.3) is 0 Å². The standard InChI is InChI=1S/C10H18O/c1-4-8-9(5-2)10(8)6-7(3)11/h8-10H,4-6H2,1-3H3. The van der Waals surface area contributed by atoms with Crippen LogP contribution in [0, 0.1) is 17.8 Å². The molecule has 0 aromatic heterocycles. The van der Waals surface area contributed by atoms with Crippen LogP contribution >= 0.6 is 0 Å². The van der Waals surface area contributed by atoms with Crippen molar-refractivity contribution < 1.29 is 4.79 Å². The van der Waals surface area contributed by atoms with Gasteiger partial charge in [0.2, 0.25) is 0 Å². The first-order valence-electron chi connectivity index (χ1n) is 4.70. The van der Waals surface area contributed by atoms with Crippen LogP contribution in [0.3, 0.4) is 0 Å². The molecule has 1 saturated carbocycles. The topological polar surface area (TPSA) is 17.1 Å². The van der Waals surface area contributed by atoms with E-state index in [1.54, 1.807) is 6.92 Å². The Morgan fingerprint density at radius 2 is 1.55 bits per heavy atom. The molecule has 0 aromatic carbocycles. The molecule has 1 fully saturated rings. The smallest absolute Gasteiger partial charge is 0.130 e. The molecule has 0 radical (unpaired) electrons. The molecule has 0 spiro atoms. The summed E-state index contributed by atoms with van der Waals surface area (Å²) in [5.74, 6) is 2.83. The molecule has 0 saturated heterocycles. The van der Waals surface area contributed by atoms with Gasteiger partial charge in [-0.2, -0.15) is 0 Å². The van der Waals surface area contributed by atoms with E-state index in [4.69, 9.17) is 0 Å². The Balaban J connectivity index is 2.32. The minimum Gasteiger partial charge on any atom is -0.300 e. The second-order valence-corrected chi connectivity index (χ2v) is 3.71. The third kappa shape index (κ3) is 1.82. The zero-order valence-corrected chi connectivity index (χ0v) is 7.76. The summed E-state index contributed by atoms with van der Waals surface area (Å²) < 4.78 is 0. The highest BCUT2D eigenvalue weighted by Crippen LogP contribution is 2.52. The van der Waals surface area contributed by atoms with Gasteiger partial charge in [-0.05, 0) is 24.7 Å². The predicted octanol–water partition coefficient (Wildman–Crippen LogP) is 2.65. The molecule has 1 aliphatic rings. The monoisotopic (exact) mass is 154 g/mol. The average molecular weight is 154 g/mol. The Bertz CT molecular complexity index is 141. The third-order valence-electron chi connectivity index (χ3n) is 2.97. The summed E-state index contributed by atoms with van der Waals surface area (Å²) in [6.45, 7) is 6.17. The number of hydrogen-bond acceptors (Lipinski definition) is 1. The maximum atomic E-state index is 10.8. The molecule has 0 N–H and O–H groups in total. The van der Waals surface area contributed by atoms with Crippen molar-refractivity contribution in [1.29, 1.82) is 0 Å². The van der Waals surface area contributed by atoms with E-state index in [1.165, 1.54) is 12.8 Å². The number of carbonyl (C=O) groups is 1. The second kappa shape index (κ2) is 3.38. The van der Waals surface area contributed by atoms with E-state index in [2.05, 4.69) is 13.8 Å². The number of carbonyl (C=O) groups excluding carboxylic acids is 1. The van der Waals surface area contributed by atoms with Gasteiger partial charge in [0, 0.05) is 6.42 Å². The largest absolute Gasteiger partial charge is 0.300 e. The molecule has 1 nitrogen and oxygen atoms in total. The molecule has 1 aliphatic carbocycles. The fraction of sp³-hybridized carbons (Fsp3) is 0.900. The Hall–Kier alpha value is -0.330.